The van der Waals surface area contributed by atoms with Crippen molar-refractivity contribution in [3.8, 4) is 5.75 Å². The number of rotatable bonds is 6. The normalized spacial score (nSPS) is 12.9. The fourth-order valence-electron chi connectivity index (χ4n) is 1.79. The van der Waals surface area contributed by atoms with Crippen LogP contribution in [-0.2, 0) is 14.4 Å². The number of methoxy groups -OCH3 is 1. The number of carbonyl (C=O) groups excluding carboxylic acids is 2. The minimum absolute atomic E-state index is 0.232. The maximum atomic E-state index is 11.9. The third kappa shape index (κ3) is 4.63. The van der Waals surface area contributed by atoms with Gasteiger partial charge in [0.05, 0.1) is 12.1 Å². The van der Waals surface area contributed by atoms with E-state index >= 15 is 0 Å². The van der Waals surface area contributed by atoms with Gasteiger partial charge in [-0.1, -0.05) is 17.7 Å². The summed E-state index contributed by atoms with van der Waals surface area (Å²) < 4.78 is 4.99. The molecule has 2 atom stereocenters. The van der Waals surface area contributed by atoms with Crippen molar-refractivity contribution in [3.05, 3.63) is 28.8 Å². The summed E-state index contributed by atoms with van der Waals surface area (Å²) >= 11 is 5.96. The Hall–Kier alpha value is -2.28. The van der Waals surface area contributed by atoms with E-state index in [-0.39, 0.29) is 10.9 Å². The Kier molecular flexibility index (Phi) is 6.18. The Morgan fingerprint density at radius 1 is 1.27 bits per heavy atom. The van der Waals surface area contributed by atoms with Gasteiger partial charge < -0.3 is 20.5 Å². The standard InChI is InChI=1S/C14H17ClN2O5/c1-7(16-8(2)18)13(19)17-12(14(20)21)9-4-5-11(22-3)10(15)6-9/h4-7,12H,1-3H3,(H,16,18)(H,17,19)(H,20,21). The number of carboxylic acid groups (broad SMARTS) is 1. The van der Waals surface area contributed by atoms with Gasteiger partial charge >= 0.3 is 5.97 Å². The lowest BCUT2D eigenvalue weighted by Crippen LogP contribution is -2.46. The van der Waals surface area contributed by atoms with Gasteiger partial charge in [0.2, 0.25) is 11.8 Å². The molecule has 1 rings (SSSR count). The van der Waals surface area contributed by atoms with Crippen LogP contribution in [0.1, 0.15) is 25.5 Å². The van der Waals surface area contributed by atoms with Crippen LogP contribution in [-0.4, -0.2) is 36.0 Å². The molecule has 0 spiro atoms. The molecular formula is C14H17ClN2O5. The van der Waals surface area contributed by atoms with E-state index in [1.54, 1.807) is 0 Å². The Balaban J connectivity index is 2.95. The average molecular weight is 329 g/mol. The number of aliphatic carboxylic acids is 1. The van der Waals surface area contributed by atoms with E-state index in [1.165, 1.54) is 39.2 Å². The highest BCUT2D eigenvalue weighted by Crippen LogP contribution is 2.27. The highest BCUT2D eigenvalue weighted by molar-refractivity contribution is 6.32. The summed E-state index contributed by atoms with van der Waals surface area (Å²) in [6.45, 7) is 2.72. The number of hydrogen-bond donors (Lipinski definition) is 3. The van der Waals surface area contributed by atoms with Gasteiger partial charge in [0.15, 0.2) is 6.04 Å². The first-order valence-electron chi connectivity index (χ1n) is 6.40. The molecule has 8 heteroatoms. The summed E-state index contributed by atoms with van der Waals surface area (Å²) in [5.41, 5.74) is 0.293. The molecule has 2 amide bonds. The SMILES string of the molecule is COc1ccc(C(NC(=O)C(C)NC(C)=O)C(=O)O)cc1Cl. The van der Waals surface area contributed by atoms with Gasteiger partial charge in [-0.3, -0.25) is 9.59 Å². The minimum atomic E-state index is -1.29. The zero-order valence-corrected chi connectivity index (χ0v) is 13.1. The third-order valence-corrected chi connectivity index (χ3v) is 3.15. The maximum Gasteiger partial charge on any atom is 0.330 e. The number of amides is 2. The molecule has 0 heterocycles. The first kappa shape index (κ1) is 17.8. The van der Waals surface area contributed by atoms with E-state index in [0.717, 1.165) is 0 Å². The van der Waals surface area contributed by atoms with Crippen LogP contribution in [0.4, 0.5) is 0 Å². The number of halogens is 1. The van der Waals surface area contributed by atoms with Crippen molar-refractivity contribution >= 4 is 29.4 Å². The molecule has 7 nitrogen and oxygen atoms in total. The van der Waals surface area contributed by atoms with Crippen molar-refractivity contribution in [3.63, 3.8) is 0 Å². The van der Waals surface area contributed by atoms with Gasteiger partial charge in [0.1, 0.15) is 11.8 Å². The van der Waals surface area contributed by atoms with Crippen molar-refractivity contribution in [2.45, 2.75) is 25.9 Å². The predicted octanol–water partition coefficient (Wildman–Crippen LogP) is 1.12. The summed E-state index contributed by atoms with van der Waals surface area (Å²) in [4.78, 5) is 34.2. The lowest BCUT2D eigenvalue weighted by molar-refractivity contribution is -0.142. The number of ether oxygens (including phenoxy) is 1. The summed E-state index contributed by atoms with van der Waals surface area (Å²) in [5.74, 6) is -1.85. The molecule has 0 bridgehead atoms. The van der Waals surface area contributed by atoms with Crippen LogP contribution in [0.15, 0.2) is 18.2 Å². The largest absolute Gasteiger partial charge is 0.495 e. The molecule has 2 unspecified atom stereocenters. The first-order chi connectivity index (χ1) is 10.3. The van der Waals surface area contributed by atoms with Crippen molar-refractivity contribution in [1.82, 2.24) is 10.6 Å². The van der Waals surface area contributed by atoms with E-state index in [9.17, 15) is 19.5 Å². The molecule has 0 aromatic heterocycles. The van der Waals surface area contributed by atoms with Gasteiger partial charge in [-0.15, -0.1) is 0 Å². The van der Waals surface area contributed by atoms with Crippen molar-refractivity contribution in [2.24, 2.45) is 0 Å². The Morgan fingerprint density at radius 3 is 2.36 bits per heavy atom. The van der Waals surface area contributed by atoms with Crippen LogP contribution in [0.25, 0.3) is 0 Å². The molecule has 0 radical (unpaired) electrons. The molecular weight excluding hydrogens is 312 g/mol. The van der Waals surface area contributed by atoms with Crippen molar-refractivity contribution in [1.29, 1.82) is 0 Å². The number of hydrogen-bond acceptors (Lipinski definition) is 4. The smallest absolute Gasteiger partial charge is 0.330 e. The monoisotopic (exact) mass is 328 g/mol. The van der Waals surface area contributed by atoms with Gasteiger partial charge in [-0.25, -0.2) is 4.79 Å². The fraction of sp³-hybridized carbons (Fsp3) is 0.357. The number of benzene rings is 1. The van der Waals surface area contributed by atoms with E-state index in [0.29, 0.717) is 11.3 Å². The second-order valence-corrected chi connectivity index (χ2v) is 5.00. The van der Waals surface area contributed by atoms with Crippen LogP contribution in [0.3, 0.4) is 0 Å². The molecule has 0 aliphatic rings. The van der Waals surface area contributed by atoms with Crippen LogP contribution in [0, 0.1) is 0 Å². The minimum Gasteiger partial charge on any atom is -0.495 e. The van der Waals surface area contributed by atoms with E-state index in [2.05, 4.69) is 10.6 Å². The third-order valence-electron chi connectivity index (χ3n) is 2.86. The second-order valence-electron chi connectivity index (χ2n) is 4.60. The molecule has 22 heavy (non-hydrogen) atoms. The highest BCUT2D eigenvalue weighted by Gasteiger charge is 2.25. The zero-order chi connectivity index (χ0) is 16.9. The lowest BCUT2D eigenvalue weighted by atomic mass is 10.1. The van der Waals surface area contributed by atoms with Crippen LogP contribution >= 0.6 is 11.6 Å². The van der Waals surface area contributed by atoms with E-state index < -0.39 is 24.0 Å². The van der Waals surface area contributed by atoms with Gasteiger partial charge in [0.25, 0.3) is 0 Å². The zero-order valence-electron chi connectivity index (χ0n) is 12.3. The molecule has 3 N–H and O–H groups in total. The van der Waals surface area contributed by atoms with Crippen LogP contribution in [0.2, 0.25) is 5.02 Å². The topological polar surface area (TPSA) is 105 Å². The summed E-state index contributed by atoms with van der Waals surface area (Å²) in [6.07, 6.45) is 0. The predicted molar refractivity (Wildman–Crippen MR) is 79.8 cm³/mol. The average Bonchev–Trinajstić information content (AvgIpc) is 2.43. The molecule has 0 saturated heterocycles. The molecule has 1 aromatic carbocycles. The molecule has 0 aliphatic carbocycles. The molecule has 0 saturated carbocycles. The molecule has 0 aliphatic heterocycles. The van der Waals surface area contributed by atoms with Gasteiger partial charge in [-0.05, 0) is 24.6 Å². The van der Waals surface area contributed by atoms with Crippen LogP contribution < -0.4 is 15.4 Å². The summed E-state index contributed by atoms with van der Waals surface area (Å²) in [5, 5.41) is 14.2. The molecule has 120 valence electrons. The van der Waals surface area contributed by atoms with Gasteiger partial charge in [0, 0.05) is 6.92 Å². The quantitative estimate of drug-likeness (QED) is 0.725. The Bertz CT molecular complexity index is 591. The summed E-state index contributed by atoms with van der Waals surface area (Å²) in [7, 11) is 1.44. The molecule has 0 fully saturated rings. The second kappa shape index (κ2) is 7.65. The highest BCUT2D eigenvalue weighted by atomic mass is 35.5. The van der Waals surface area contributed by atoms with Gasteiger partial charge in [-0.2, -0.15) is 0 Å². The maximum absolute atomic E-state index is 11.9. The Morgan fingerprint density at radius 2 is 1.91 bits per heavy atom. The van der Waals surface area contributed by atoms with Crippen molar-refractivity contribution < 1.29 is 24.2 Å². The van der Waals surface area contributed by atoms with Crippen LogP contribution in [0.5, 0.6) is 5.75 Å². The summed E-state index contributed by atoms with van der Waals surface area (Å²) in [6, 6.07) is 2.27. The lowest BCUT2D eigenvalue weighted by Gasteiger charge is -2.19. The first-order valence-corrected chi connectivity index (χ1v) is 6.77. The van der Waals surface area contributed by atoms with E-state index in [4.69, 9.17) is 16.3 Å². The number of nitrogens with one attached hydrogen (secondary N) is 2. The Labute approximate surface area is 132 Å². The molecule has 1 aromatic rings. The van der Waals surface area contributed by atoms with Crippen molar-refractivity contribution in [2.75, 3.05) is 7.11 Å². The fourth-order valence-corrected chi connectivity index (χ4v) is 2.05. The van der Waals surface area contributed by atoms with E-state index in [1.807, 2.05) is 0 Å². The number of carboxylic acids is 1. The number of carbonyl (C=O) groups is 3.